The first-order valence-electron chi connectivity index (χ1n) is 10.6. The lowest BCUT2D eigenvalue weighted by atomic mass is 9.74. The molecule has 0 atom stereocenters. The zero-order valence-corrected chi connectivity index (χ0v) is 18.9. The molecule has 2 aliphatic rings. The average Bonchev–Trinajstić information content (AvgIpc) is 3.35. The first kappa shape index (κ1) is 22.3. The van der Waals surface area contributed by atoms with Crippen LogP contribution in [-0.4, -0.2) is 51.5 Å². The molecule has 0 spiro atoms. The van der Waals surface area contributed by atoms with Crippen molar-refractivity contribution in [3.05, 3.63) is 64.7 Å². The number of halogens is 1. The molecule has 2 aliphatic heterocycles. The summed E-state index contributed by atoms with van der Waals surface area (Å²) in [4.78, 5) is 13.2. The number of carbonyl (C=O) groups is 1. The van der Waals surface area contributed by atoms with Crippen LogP contribution in [0.4, 0.5) is 0 Å². The van der Waals surface area contributed by atoms with Gasteiger partial charge in [-0.15, -0.1) is 0 Å². The molecule has 1 N–H and O–H groups in total. The van der Waals surface area contributed by atoms with E-state index in [1.807, 2.05) is 18.2 Å². The Kier molecular flexibility index (Phi) is 6.67. The quantitative estimate of drug-likeness (QED) is 0.711. The maximum Gasteiger partial charge on any atom is 0.252 e. The van der Waals surface area contributed by atoms with Crippen molar-refractivity contribution in [3.63, 3.8) is 0 Å². The topological polar surface area (TPSA) is 75.7 Å². The maximum absolute atomic E-state index is 13.0. The molecule has 166 valence electrons. The van der Waals surface area contributed by atoms with E-state index in [0.29, 0.717) is 32.8 Å². The number of nitrogens with one attached hydrogen (secondary N) is 1. The third-order valence-electron chi connectivity index (χ3n) is 6.31. The second-order valence-corrected chi connectivity index (χ2v) is 10.5. The van der Waals surface area contributed by atoms with Crippen molar-refractivity contribution in [2.75, 3.05) is 32.8 Å². The van der Waals surface area contributed by atoms with Gasteiger partial charge in [0.2, 0.25) is 10.0 Å². The predicted molar refractivity (Wildman–Crippen MR) is 120 cm³/mol. The van der Waals surface area contributed by atoms with Gasteiger partial charge in [-0.2, -0.15) is 4.31 Å². The van der Waals surface area contributed by atoms with E-state index in [1.165, 1.54) is 22.5 Å². The first-order valence-corrected chi connectivity index (χ1v) is 12.5. The van der Waals surface area contributed by atoms with Gasteiger partial charge in [-0.1, -0.05) is 41.9 Å². The molecular formula is C23H27ClN2O4S. The lowest BCUT2D eigenvalue weighted by molar-refractivity contribution is 0.0487. The van der Waals surface area contributed by atoms with Gasteiger partial charge in [0.25, 0.3) is 5.91 Å². The zero-order valence-electron chi connectivity index (χ0n) is 17.3. The van der Waals surface area contributed by atoms with Gasteiger partial charge >= 0.3 is 0 Å². The second-order valence-electron chi connectivity index (χ2n) is 8.19. The monoisotopic (exact) mass is 462 g/mol. The van der Waals surface area contributed by atoms with Crippen LogP contribution in [0.2, 0.25) is 5.02 Å². The fourth-order valence-electron chi connectivity index (χ4n) is 4.38. The summed E-state index contributed by atoms with van der Waals surface area (Å²) in [6, 6.07) is 14.5. The smallest absolute Gasteiger partial charge is 0.252 e. The van der Waals surface area contributed by atoms with Crippen molar-refractivity contribution in [3.8, 4) is 0 Å². The molecule has 0 aliphatic carbocycles. The lowest BCUT2D eigenvalue weighted by Crippen LogP contribution is -2.44. The van der Waals surface area contributed by atoms with Crippen molar-refractivity contribution in [1.29, 1.82) is 0 Å². The number of carbonyl (C=O) groups excluding carboxylic acids is 1. The Morgan fingerprint density at radius 3 is 2.42 bits per heavy atom. The molecule has 2 aromatic carbocycles. The number of hydrogen-bond acceptors (Lipinski definition) is 4. The van der Waals surface area contributed by atoms with Gasteiger partial charge in [-0.05, 0) is 49.4 Å². The summed E-state index contributed by atoms with van der Waals surface area (Å²) in [6.45, 7) is 2.71. The molecule has 0 saturated carbocycles. The molecule has 2 heterocycles. The molecule has 2 aromatic rings. The highest BCUT2D eigenvalue weighted by atomic mass is 35.5. The third-order valence-corrected chi connectivity index (χ3v) is 8.53. The summed E-state index contributed by atoms with van der Waals surface area (Å²) >= 11 is 6.28. The van der Waals surface area contributed by atoms with E-state index in [4.69, 9.17) is 16.3 Å². The van der Waals surface area contributed by atoms with Gasteiger partial charge < -0.3 is 10.1 Å². The van der Waals surface area contributed by atoms with E-state index in [1.54, 1.807) is 0 Å². The first-order chi connectivity index (χ1) is 14.9. The summed E-state index contributed by atoms with van der Waals surface area (Å²) < 4.78 is 32.8. The molecule has 2 saturated heterocycles. The number of amides is 1. The molecule has 0 aromatic heterocycles. The Morgan fingerprint density at radius 2 is 1.74 bits per heavy atom. The van der Waals surface area contributed by atoms with Gasteiger partial charge in [-0.25, -0.2) is 8.42 Å². The normalized spacial score (nSPS) is 19.3. The van der Waals surface area contributed by atoms with Gasteiger partial charge in [0.05, 0.1) is 15.5 Å². The van der Waals surface area contributed by atoms with E-state index < -0.39 is 10.0 Å². The number of hydrogen-bond donors (Lipinski definition) is 1. The van der Waals surface area contributed by atoms with Gasteiger partial charge in [0, 0.05) is 38.3 Å². The zero-order chi connectivity index (χ0) is 21.9. The van der Waals surface area contributed by atoms with Crippen LogP contribution >= 0.6 is 11.6 Å². The van der Waals surface area contributed by atoms with Crippen LogP contribution < -0.4 is 5.32 Å². The molecular weight excluding hydrogens is 436 g/mol. The standard InChI is InChI=1S/C23H27ClN2O4S/c24-21-9-8-19(31(28,29)26-12-4-5-13-26)16-20(21)22(27)25-17-23(10-14-30-15-11-23)18-6-2-1-3-7-18/h1-3,6-9,16H,4-5,10-15,17H2,(H,25,27). The molecule has 0 bridgehead atoms. The Morgan fingerprint density at radius 1 is 1.06 bits per heavy atom. The highest BCUT2D eigenvalue weighted by molar-refractivity contribution is 7.89. The minimum atomic E-state index is -3.62. The number of sulfonamides is 1. The molecule has 0 unspecified atom stereocenters. The van der Waals surface area contributed by atoms with Gasteiger partial charge in [0.1, 0.15) is 0 Å². The van der Waals surface area contributed by atoms with Crippen LogP contribution in [0.25, 0.3) is 0 Å². The molecule has 6 nitrogen and oxygen atoms in total. The average molecular weight is 463 g/mol. The lowest BCUT2D eigenvalue weighted by Gasteiger charge is -2.38. The van der Waals surface area contributed by atoms with Crippen LogP contribution in [0.15, 0.2) is 53.4 Å². The Hall–Kier alpha value is -1.93. The fourth-order valence-corrected chi connectivity index (χ4v) is 6.13. The predicted octanol–water partition coefficient (Wildman–Crippen LogP) is 3.60. The summed E-state index contributed by atoms with van der Waals surface area (Å²) in [6.07, 6.45) is 3.31. The second kappa shape index (κ2) is 9.28. The molecule has 1 amide bonds. The van der Waals surface area contributed by atoms with Gasteiger partial charge in [0.15, 0.2) is 0 Å². The number of rotatable bonds is 6. The highest BCUT2D eigenvalue weighted by Crippen LogP contribution is 2.34. The minimum Gasteiger partial charge on any atom is -0.381 e. The highest BCUT2D eigenvalue weighted by Gasteiger charge is 2.35. The van der Waals surface area contributed by atoms with Crippen LogP contribution in [0.1, 0.15) is 41.6 Å². The van der Waals surface area contributed by atoms with Crippen molar-refractivity contribution < 1.29 is 17.9 Å². The van der Waals surface area contributed by atoms with E-state index >= 15 is 0 Å². The fraction of sp³-hybridized carbons (Fsp3) is 0.435. The summed E-state index contributed by atoms with van der Waals surface area (Å²) in [7, 11) is -3.62. The summed E-state index contributed by atoms with van der Waals surface area (Å²) in [5, 5.41) is 3.24. The van der Waals surface area contributed by atoms with Crippen LogP contribution in [0.3, 0.4) is 0 Å². The van der Waals surface area contributed by atoms with Crippen molar-refractivity contribution >= 4 is 27.5 Å². The Bertz CT molecular complexity index is 1030. The molecule has 2 fully saturated rings. The maximum atomic E-state index is 13.0. The molecule has 0 radical (unpaired) electrons. The van der Waals surface area contributed by atoms with Crippen LogP contribution in [0, 0.1) is 0 Å². The van der Waals surface area contributed by atoms with Crippen LogP contribution in [-0.2, 0) is 20.2 Å². The van der Waals surface area contributed by atoms with E-state index in [-0.39, 0.29) is 26.8 Å². The van der Waals surface area contributed by atoms with E-state index in [2.05, 4.69) is 17.4 Å². The van der Waals surface area contributed by atoms with Crippen molar-refractivity contribution in [1.82, 2.24) is 9.62 Å². The SMILES string of the molecule is O=C(NCC1(c2ccccc2)CCOCC1)c1cc(S(=O)(=O)N2CCCC2)ccc1Cl. The molecule has 31 heavy (non-hydrogen) atoms. The largest absolute Gasteiger partial charge is 0.381 e. The molecule has 4 rings (SSSR count). The number of ether oxygens (including phenoxy) is 1. The Balaban J connectivity index is 1.55. The Labute approximate surface area is 188 Å². The third kappa shape index (κ3) is 4.65. The number of benzene rings is 2. The van der Waals surface area contributed by atoms with Crippen molar-refractivity contribution in [2.45, 2.75) is 36.0 Å². The van der Waals surface area contributed by atoms with E-state index in [0.717, 1.165) is 31.2 Å². The van der Waals surface area contributed by atoms with Gasteiger partial charge in [-0.3, -0.25) is 4.79 Å². The summed E-state index contributed by atoms with van der Waals surface area (Å²) in [5.41, 5.74) is 1.12. The van der Waals surface area contributed by atoms with Crippen LogP contribution in [0.5, 0.6) is 0 Å². The summed E-state index contributed by atoms with van der Waals surface area (Å²) in [5.74, 6) is -0.370. The number of nitrogens with zero attached hydrogens (tertiary/aromatic N) is 1. The molecule has 8 heteroatoms. The minimum absolute atomic E-state index is 0.104. The van der Waals surface area contributed by atoms with E-state index in [9.17, 15) is 13.2 Å². The van der Waals surface area contributed by atoms with Crippen molar-refractivity contribution in [2.24, 2.45) is 0 Å².